The number of ether oxygens (including phenoxy) is 3. The Morgan fingerprint density at radius 3 is 2.45 bits per heavy atom. The van der Waals surface area contributed by atoms with Crippen LogP contribution in [-0.4, -0.2) is 48.4 Å². The minimum Gasteiger partial charge on any atom is -0.382 e. The Kier molecular flexibility index (Phi) is 6.76. The van der Waals surface area contributed by atoms with Crippen molar-refractivity contribution in [2.45, 2.75) is 89.9 Å². The molecule has 6 unspecified atom stereocenters. The number of nitrogens with zero attached hydrogens (tertiary/aromatic N) is 1. The van der Waals surface area contributed by atoms with Crippen molar-refractivity contribution in [3.63, 3.8) is 0 Å². The van der Waals surface area contributed by atoms with Crippen LogP contribution in [0.5, 0.6) is 0 Å². The first-order chi connectivity index (χ1) is 13.7. The first-order valence-corrected chi connectivity index (χ1v) is 11.1. The molecule has 1 aromatic rings. The van der Waals surface area contributed by atoms with Gasteiger partial charge in [-0.15, -0.1) is 0 Å². The van der Waals surface area contributed by atoms with E-state index in [0.717, 1.165) is 19.3 Å². The van der Waals surface area contributed by atoms with E-state index in [9.17, 15) is 0 Å². The van der Waals surface area contributed by atoms with E-state index in [-0.39, 0.29) is 29.2 Å². The van der Waals surface area contributed by atoms with Crippen molar-refractivity contribution in [1.29, 1.82) is 0 Å². The Morgan fingerprint density at radius 2 is 1.86 bits per heavy atom. The zero-order chi connectivity index (χ0) is 21.3. The van der Waals surface area contributed by atoms with Crippen molar-refractivity contribution in [3.8, 4) is 0 Å². The van der Waals surface area contributed by atoms with Crippen LogP contribution in [0.2, 0.25) is 0 Å². The standard InChI is InChI=1S/C24H39NO4/c1-8-22(5)17-24(27-16-21(28-24)15-26-7)19(4)23(6,9-2)25(22)29-18(3)20-13-11-10-12-14-20/h10-14,18-19,21H,8-9,15-17H2,1-7H3. The fraction of sp³-hybridized carbons (Fsp3) is 0.750. The van der Waals surface area contributed by atoms with Gasteiger partial charge in [0.1, 0.15) is 12.2 Å². The average Bonchev–Trinajstić information content (AvgIpc) is 3.13. The second-order valence-corrected chi connectivity index (χ2v) is 9.23. The number of hydrogen-bond donors (Lipinski definition) is 0. The molecular weight excluding hydrogens is 366 g/mol. The topological polar surface area (TPSA) is 40.2 Å². The number of benzene rings is 1. The molecule has 164 valence electrons. The summed E-state index contributed by atoms with van der Waals surface area (Å²) in [6.45, 7) is 14.6. The molecule has 0 aromatic heterocycles. The maximum Gasteiger partial charge on any atom is 0.175 e. The van der Waals surface area contributed by atoms with Gasteiger partial charge in [-0.1, -0.05) is 51.1 Å². The van der Waals surface area contributed by atoms with E-state index in [4.69, 9.17) is 19.0 Å². The highest BCUT2D eigenvalue weighted by molar-refractivity contribution is 5.17. The number of rotatable bonds is 7. The average molecular weight is 406 g/mol. The summed E-state index contributed by atoms with van der Waals surface area (Å²) in [5.41, 5.74) is 0.752. The Morgan fingerprint density at radius 1 is 1.17 bits per heavy atom. The minimum absolute atomic E-state index is 0.0135. The number of hydroxylamine groups is 2. The molecule has 3 rings (SSSR count). The van der Waals surface area contributed by atoms with Crippen LogP contribution in [0.3, 0.4) is 0 Å². The molecule has 1 aromatic carbocycles. The van der Waals surface area contributed by atoms with E-state index >= 15 is 0 Å². The molecular formula is C24H39NO4. The van der Waals surface area contributed by atoms with Crippen LogP contribution in [0.1, 0.15) is 72.5 Å². The molecule has 2 aliphatic heterocycles. The third kappa shape index (κ3) is 4.00. The summed E-state index contributed by atoms with van der Waals surface area (Å²) in [4.78, 5) is 6.74. The van der Waals surface area contributed by atoms with Crippen LogP contribution in [0.25, 0.3) is 0 Å². The second kappa shape index (κ2) is 8.64. The molecule has 5 heteroatoms. The lowest BCUT2D eigenvalue weighted by Gasteiger charge is -2.62. The highest BCUT2D eigenvalue weighted by atomic mass is 16.8. The summed E-state index contributed by atoms with van der Waals surface area (Å²) < 4.78 is 18.3. The van der Waals surface area contributed by atoms with Gasteiger partial charge in [-0.05, 0) is 39.2 Å². The first kappa shape index (κ1) is 22.7. The number of piperidine rings is 1. The van der Waals surface area contributed by atoms with E-state index in [1.165, 1.54) is 5.56 Å². The van der Waals surface area contributed by atoms with E-state index in [2.05, 4.69) is 70.9 Å². The summed E-state index contributed by atoms with van der Waals surface area (Å²) >= 11 is 0. The fourth-order valence-electron chi connectivity index (χ4n) is 5.10. The van der Waals surface area contributed by atoms with Crippen LogP contribution in [0.4, 0.5) is 0 Å². The number of hydrogen-bond acceptors (Lipinski definition) is 5. The van der Waals surface area contributed by atoms with Gasteiger partial charge in [0.05, 0.1) is 18.8 Å². The maximum atomic E-state index is 6.74. The summed E-state index contributed by atoms with van der Waals surface area (Å²) in [7, 11) is 1.71. The van der Waals surface area contributed by atoms with E-state index in [1.807, 2.05) is 6.07 Å². The Balaban J connectivity index is 1.93. The SMILES string of the molecule is CCC1(C)CC2(OCC(COC)O2)C(C)C(C)(CC)N1OC(C)c1ccccc1. The van der Waals surface area contributed by atoms with Crippen molar-refractivity contribution >= 4 is 0 Å². The van der Waals surface area contributed by atoms with Crippen molar-refractivity contribution < 1.29 is 19.0 Å². The minimum atomic E-state index is -0.603. The van der Waals surface area contributed by atoms with E-state index in [1.54, 1.807) is 7.11 Å². The van der Waals surface area contributed by atoms with Crippen molar-refractivity contribution in [2.75, 3.05) is 20.3 Å². The van der Waals surface area contributed by atoms with Gasteiger partial charge in [-0.25, -0.2) is 0 Å². The van der Waals surface area contributed by atoms with Crippen LogP contribution >= 0.6 is 0 Å². The van der Waals surface area contributed by atoms with Gasteiger partial charge >= 0.3 is 0 Å². The second-order valence-electron chi connectivity index (χ2n) is 9.23. The lowest BCUT2D eigenvalue weighted by Crippen LogP contribution is -2.71. The van der Waals surface area contributed by atoms with Crippen molar-refractivity contribution in [1.82, 2.24) is 5.06 Å². The largest absolute Gasteiger partial charge is 0.382 e. The molecule has 0 N–H and O–H groups in total. The first-order valence-electron chi connectivity index (χ1n) is 11.1. The van der Waals surface area contributed by atoms with Crippen molar-refractivity contribution in [2.24, 2.45) is 5.92 Å². The molecule has 0 radical (unpaired) electrons. The third-order valence-electron chi connectivity index (χ3n) is 7.42. The Bertz CT molecular complexity index is 670. The normalized spacial score (nSPS) is 39.1. The quantitative estimate of drug-likeness (QED) is 0.630. The monoisotopic (exact) mass is 405 g/mol. The molecule has 2 heterocycles. The summed E-state index contributed by atoms with van der Waals surface area (Å²) in [5, 5.41) is 2.28. The Labute approximate surface area is 176 Å². The van der Waals surface area contributed by atoms with Crippen LogP contribution < -0.4 is 0 Å². The summed E-state index contributed by atoms with van der Waals surface area (Å²) in [6.07, 6.45) is 2.62. The highest BCUT2D eigenvalue weighted by Gasteiger charge is 2.64. The van der Waals surface area contributed by atoms with Gasteiger partial charge in [0.25, 0.3) is 0 Å². The van der Waals surface area contributed by atoms with E-state index in [0.29, 0.717) is 13.2 Å². The molecule has 0 bridgehead atoms. The lowest BCUT2D eigenvalue weighted by atomic mass is 9.67. The highest BCUT2D eigenvalue weighted by Crippen LogP contribution is 2.54. The number of methoxy groups -OCH3 is 1. The predicted molar refractivity (Wildman–Crippen MR) is 114 cm³/mol. The molecule has 6 atom stereocenters. The van der Waals surface area contributed by atoms with Gasteiger partial charge in [0.15, 0.2) is 5.79 Å². The maximum absolute atomic E-state index is 6.74. The molecule has 29 heavy (non-hydrogen) atoms. The zero-order valence-electron chi connectivity index (χ0n) is 19.2. The van der Waals surface area contributed by atoms with Gasteiger partial charge < -0.3 is 14.2 Å². The molecule has 5 nitrogen and oxygen atoms in total. The van der Waals surface area contributed by atoms with Crippen LogP contribution in [0.15, 0.2) is 30.3 Å². The van der Waals surface area contributed by atoms with Crippen molar-refractivity contribution in [3.05, 3.63) is 35.9 Å². The smallest absolute Gasteiger partial charge is 0.175 e. The molecule has 0 saturated carbocycles. The third-order valence-corrected chi connectivity index (χ3v) is 7.42. The molecule has 2 fully saturated rings. The molecule has 2 aliphatic rings. The summed E-state index contributed by atoms with van der Waals surface area (Å²) in [5.74, 6) is -0.460. The molecule has 1 spiro atoms. The molecule has 0 aliphatic carbocycles. The summed E-state index contributed by atoms with van der Waals surface area (Å²) in [6, 6.07) is 10.4. The fourth-order valence-corrected chi connectivity index (χ4v) is 5.10. The molecule has 0 amide bonds. The van der Waals surface area contributed by atoms with Gasteiger partial charge in [-0.3, -0.25) is 4.84 Å². The van der Waals surface area contributed by atoms with Crippen LogP contribution in [0, 0.1) is 5.92 Å². The van der Waals surface area contributed by atoms with Gasteiger partial charge in [0.2, 0.25) is 0 Å². The van der Waals surface area contributed by atoms with E-state index < -0.39 is 5.79 Å². The molecule has 2 saturated heterocycles. The zero-order valence-corrected chi connectivity index (χ0v) is 19.2. The predicted octanol–water partition coefficient (Wildman–Crippen LogP) is 5.12. The van der Waals surface area contributed by atoms with Gasteiger partial charge in [0, 0.05) is 25.0 Å². The lowest BCUT2D eigenvalue weighted by molar-refractivity contribution is -0.380. The Hall–Kier alpha value is -0.980. The van der Waals surface area contributed by atoms with Crippen LogP contribution in [-0.2, 0) is 19.0 Å². The van der Waals surface area contributed by atoms with Gasteiger partial charge in [-0.2, -0.15) is 5.06 Å².